The molecule has 6 N–H and O–H groups in total. The summed E-state index contributed by atoms with van der Waals surface area (Å²) in [5.41, 5.74) is 0.758. The molecule has 0 bridgehead atoms. The second kappa shape index (κ2) is 24.8. The second-order valence-electron chi connectivity index (χ2n) is 20.4. The van der Waals surface area contributed by atoms with E-state index in [-0.39, 0.29) is 39.0 Å². The molecule has 2 aromatic heterocycles. The normalized spacial score (nSPS) is 18.9. The van der Waals surface area contributed by atoms with Gasteiger partial charge in [-0.2, -0.15) is 0 Å². The van der Waals surface area contributed by atoms with E-state index in [1.165, 1.54) is 16.3 Å². The van der Waals surface area contributed by atoms with E-state index >= 15 is 0 Å². The Labute approximate surface area is 424 Å². The molecule has 0 saturated carbocycles. The third-order valence-electron chi connectivity index (χ3n) is 11.1. The topological polar surface area (TPSA) is 214 Å². The Balaban J connectivity index is 1.54. The highest BCUT2D eigenvalue weighted by Gasteiger charge is 2.36. The van der Waals surface area contributed by atoms with Crippen LogP contribution in [0, 0.1) is 0 Å². The van der Waals surface area contributed by atoms with Gasteiger partial charge in [0.05, 0.1) is 23.6 Å². The molecule has 382 valence electrons. The number of hydrogen-bond donors (Lipinski definition) is 6. The van der Waals surface area contributed by atoms with Gasteiger partial charge in [-0.1, -0.05) is 58.0 Å². The van der Waals surface area contributed by atoms with Gasteiger partial charge in [0.15, 0.2) is 0 Å². The van der Waals surface area contributed by atoms with Crippen LogP contribution in [0.2, 0.25) is 0 Å². The third-order valence-corrected chi connectivity index (χ3v) is 13.0. The zero-order valence-corrected chi connectivity index (χ0v) is 44.5. The predicted molar refractivity (Wildman–Crippen MR) is 273 cm³/mol. The Bertz CT molecular complexity index is 2450. The number of nitrogens with one attached hydrogen (secondary N) is 5. The van der Waals surface area contributed by atoms with Gasteiger partial charge in [-0.3, -0.25) is 19.1 Å². The van der Waals surface area contributed by atoms with Crippen molar-refractivity contribution in [3.05, 3.63) is 88.2 Å². The van der Waals surface area contributed by atoms with E-state index in [4.69, 9.17) is 19.2 Å². The number of likely N-dealkylation sites (N-methyl/N-ethyl adjacent to an activating group) is 1. The van der Waals surface area contributed by atoms with Crippen molar-refractivity contribution in [1.82, 2.24) is 41.0 Å². The van der Waals surface area contributed by atoms with Gasteiger partial charge >= 0.3 is 18.3 Å². The number of amides is 4. The molecule has 70 heavy (non-hydrogen) atoms. The molecule has 0 saturated heterocycles. The van der Waals surface area contributed by atoms with Crippen molar-refractivity contribution in [1.29, 1.82) is 0 Å². The molecule has 0 radical (unpaired) electrons. The predicted octanol–water partition coefficient (Wildman–Crippen LogP) is 8.17. The minimum atomic E-state index is -1.41. The number of hydrogen-bond acceptors (Lipinski definition) is 13. The van der Waals surface area contributed by atoms with Crippen molar-refractivity contribution in [3.63, 3.8) is 0 Å². The van der Waals surface area contributed by atoms with Gasteiger partial charge in [0.1, 0.15) is 28.1 Å². The van der Waals surface area contributed by atoms with Crippen molar-refractivity contribution in [3.8, 4) is 0 Å². The van der Waals surface area contributed by atoms with Gasteiger partial charge < -0.3 is 45.9 Å². The van der Waals surface area contributed by atoms with E-state index in [2.05, 4.69) is 42.5 Å². The van der Waals surface area contributed by atoms with E-state index in [9.17, 15) is 29.1 Å². The van der Waals surface area contributed by atoms with Crippen molar-refractivity contribution >= 4 is 68.7 Å². The van der Waals surface area contributed by atoms with E-state index in [0.29, 0.717) is 41.8 Å². The summed E-state index contributed by atoms with van der Waals surface area (Å²) in [5.74, 6) is -0.812. The van der Waals surface area contributed by atoms with Crippen LogP contribution in [0.5, 0.6) is 0 Å². The summed E-state index contributed by atoms with van der Waals surface area (Å²) in [7, 11) is 1.64. The number of para-hydroxylation sites is 1. The third kappa shape index (κ3) is 17.0. The van der Waals surface area contributed by atoms with Gasteiger partial charge in [0.25, 0.3) is 0 Å². The molecule has 17 nitrogen and oxygen atoms in total. The molecule has 1 aliphatic rings. The fourth-order valence-corrected chi connectivity index (χ4v) is 9.45. The first-order valence-electron chi connectivity index (χ1n) is 23.8. The lowest BCUT2D eigenvalue weighted by Gasteiger charge is -2.36. The molecule has 1 aliphatic heterocycles. The second-order valence-corrected chi connectivity index (χ2v) is 22.3. The molecule has 19 heteroatoms. The van der Waals surface area contributed by atoms with E-state index < -0.39 is 71.3 Å². The smallest absolute Gasteiger partial charge is 0.419 e. The number of ether oxygens (including phenoxy) is 3. The lowest BCUT2D eigenvalue weighted by molar-refractivity contribution is -0.133. The lowest BCUT2D eigenvalue weighted by atomic mass is 10.00. The van der Waals surface area contributed by atoms with Crippen LogP contribution in [0.1, 0.15) is 111 Å². The van der Waals surface area contributed by atoms with Crippen LogP contribution in [0.3, 0.4) is 0 Å². The highest BCUT2D eigenvalue weighted by Crippen LogP contribution is 2.35. The molecular weight excluding hydrogens is 981 g/mol. The number of halogens is 1. The minimum Gasteiger partial charge on any atom is -0.444 e. The van der Waals surface area contributed by atoms with E-state index in [1.807, 2.05) is 54.6 Å². The standard InChI is InChI=1S/C51H71BrN8O9S/c1-49(2,3)67-46(64)54-25-14-13-21-38-45(63)59(10)40(28-33-31-60(48(66)69-51(7,8)9)39-23-12-11-19-34(33)39)43(62)57-30-35-36(52)20-15-24-41(35)70-44-32(18-16-26-53-44)29-56-37(42(61)58-38)22-17-27-55-47(65)68-50(4,5)6/h11-12,15-16,18-20,23-24,26,31,37-38,40,45,56,63H,13-14,17,21-22,25,27-30H2,1-10H3,(H,54,64)(H,55,65)(H,57,62)(H,58,61)/t37-,38-,40-,45?/m0/s1. The Hall–Kier alpha value is -5.21. The van der Waals surface area contributed by atoms with Crippen molar-refractivity contribution < 1.29 is 43.3 Å². The molecule has 4 aromatic rings. The molecule has 4 atom stereocenters. The van der Waals surface area contributed by atoms with Crippen LogP contribution in [0.25, 0.3) is 10.9 Å². The van der Waals surface area contributed by atoms with Gasteiger partial charge in [-0.05, 0) is 149 Å². The number of fused-ring (bicyclic) bond motifs is 3. The molecule has 3 heterocycles. The number of aliphatic hydroxyl groups is 1. The van der Waals surface area contributed by atoms with E-state index in [1.54, 1.807) is 86.7 Å². The Kier molecular flexibility index (Phi) is 19.7. The van der Waals surface area contributed by atoms with Crippen LogP contribution < -0.4 is 26.6 Å². The first-order valence-corrected chi connectivity index (χ1v) is 25.4. The number of carbonyl (C=O) groups excluding carboxylic acids is 5. The molecule has 5 rings (SSSR count). The van der Waals surface area contributed by atoms with Crippen LogP contribution in [-0.4, -0.2) is 111 Å². The monoisotopic (exact) mass is 1050 g/mol. The molecular formula is C51H71BrN8O9S. The summed E-state index contributed by atoms with van der Waals surface area (Å²) >= 11 is 5.16. The number of benzene rings is 2. The molecule has 0 fully saturated rings. The maximum Gasteiger partial charge on any atom is 0.419 e. The fourth-order valence-electron chi connectivity index (χ4n) is 7.77. The molecule has 1 unspecified atom stereocenters. The number of rotatable bonds is 11. The van der Waals surface area contributed by atoms with Crippen LogP contribution >= 0.6 is 27.7 Å². The Morgan fingerprint density at radius 2 is 1.47 bits per heavy atom. The molecule has 0 aliphatic carbocycles. The fraction of sp³-hybridized carbons (Fsp3) is 0.529. The lowest BCUT2D eigenvalue weighted by Crippen LogP contribution is -2.59. The highest BCUT2D eigenvalue weighted by molar-refractivity contribution is 9.10. The summed E-state index contributed by atoms with van der Waals surface area (Å²) in [4.78, 5) is 75.2. The van der Waals surface area contributed by atoms with Crippen LogP contribution in [0.4, 0.5) is 14.4 Å². The molecule has 0 spiro atoms. The first kappa shape index (κ1) is 55.7. The number of aromatic nitrogens is 2. The summed E-state index contributed by atoms with van der Waals surface area (Å²) < 4.78 is 18.8. The van der Waals surface area contributed by atoms with Gasteiger partial charge in [-0.15, -0.1) is 0 Å². The van der Waals surface area contributed by atoms with Crippen molar-refractivity contribution in [2.24, 2.45) is 0 Å². The van der Waals surface area contributed by atoms with Crippen LogP contribution in [0.15, 0.2) is 81.4 Å². The van der Waals surface area contributed by atoms with Crippen molar-refractivity contribution in [2.45, 2.75) is 165 Å². The van der Waals surface area contributed by atoms with Gasteiger partial charge in [-0.25, -0.2) is 19.4 Å². The average molecular weight is 1050 g/mol. The molecule has 2 aromatic carbocycles. The zero-order valence-electron chi connectivity index (χ0n) is 42.1. The largest absolute Gasteiger partial charge is 0.444 e. The summed E-state index contributed by atoms with van der Waals surface area (Å²) in [6.45, 7) is 17.0. The number of aliphatic hydroxyl groups excluding tert-OH is 1. The Morgan fingerprint density at radius 1 is 0.814 bits per heavy atom. The molecule has 4 amide bonds. The average Bonchev–Trinajstić information content (AvgIpc) is 3.63. The number of carbonyl (C=O) groups is 5. The summed E-state index contributed by atoms with van der Waals surface area (Å²) in [5, 5.41) is 29.2. The number of nitrogens with zero attached hydrogens (tertiary/aromatic N) is 3. The van der Waals surface area contributed by atoms with Crippen LogP contribution in [-0.2, 0) is 43.3 Å². The zero-order chi connectivity index (χ0) is 51.4. The maximum atomic E-state index is 14.9. The summed E-state index contributed by atoms with van der Waals surface area (Å²) in [6.07, 6.45) is 2.24. The number of unbranched alkanes of at least 4 members (excludes halogenated alkanes) is 1. The Morgan fingerprint density at radius 3 is 2.14 bits per heavy atom. The first-order chi connectivity index (χ1) is 32.9. The number of alkyl carbamates (subject to hydrolysis) is 2. The minimum absolute atomic E-state index is 0.0554. The maximum absolute atomic E-state index is 14.9. The summed E-state index contributed by atoms with van der Waals surface area (Å²) in [6, 6.07) is 14.1. The van der Waals surface area contributed by atoms with Gasteiger partial charge in [0, 0.05) is 53.3 Å². The number of pyridine rings is 1. The van der Waals surface area contributed by atoms with Gasteiger partial charge in [0.2, 0.25) is 11.8 Å². The van der Waals surface area contributed by atoms with Crippen molar-refractivity contribution in [2.75, 3.05) is 20.1 Å². The quantitative estimate of drug-likeness (QED) is 0.0619. The SMILES string of the molecule is CN1C(O)[C@H](CCCCNC(=O)OC(C)(C)C)NC(=O)[C@H](CCCNC(=O)OC(C)(C)C)NCc2cccnc2Sc2cccc(Br)c2CNC(=O)[C@@H]1Cc1cn(C(=O)OC(C)(C)C)c2ccccc12. The highest BCUT2D eigenvalue weighted by atomic mass is 79.9. The van der Waals surface area contributed by atoms with E-state index in [0.717, 1.165) is 25.9 Å².